The van der Waals surface area contributed by atoms with E-state index in [9.17, 15) is 5.11 Å². The van der Waals surface area contributed by atoms with E-state index in [1.54, 1.807) is 12.1 Å². The van der Waals surface area contributed by atoms with Gasteiger partial charge in [0, 0.05) is 22.5 Å². The molecular weight excluding hydrogens is 257 g/mol. The number of nitrogens with two attached hydrogens (primary N) is 1. The first-order valence-corrected chi connectivity index (χ1v) is 6.66. The average molecular weight is 274 g/mol. The van der Waals surface area contributed by atoms with Gasteiger partial charge in [0.15, 0.2) is 0 Å². The molecule has 3 N–H and O–H groups in total. The van der Waals surface area contributed by atoms with Gasteiger partial charge in [-0.25, -0.2) is 0 Å². The first-order chi connectivity index (χ1) is 7.98. The monoisotopic (exact) mass is 273 g/mol. The maximum Gasteiger partial charge on any atom is 0.0703 e. The van der Waals surface area contributed by atoms with Crippen LogP contribution in [-0.4, -0.2) is 16.7 Å². The van der Waals surface area contributed by atoms with Gasteiger partial charge in [0.2, 0.25) is 0 Å². The van der Waals surface area contributed by atoms with E-state index in [0.29, 0.717) is 22.9 Å². The summed E-state index contributed by atoms with van der Waals surface area (Å²) in [6.45, 7) is 0. The highest BCUT2D eigenvalue weighted by Gasteiger charge is 2.33. The number of benzene rings is 1. The van der Waals surface area contributed by atoms with Gasteiger partial charge in [-0.15, -0.1) is 0 Å². The standard InChI is InChI=1S/C13H17Cl2NO/c14-10-3-4-12(15)9(6-10)7-13(17)5-1-2-11(16)8-13/h3-4,6,11,17H,1-2,5,7-8,16H2. The number of aliphatic hydroxyl groups is 1. The minimum atomic E-state index is -0.730. The Bertz CT molecular complexity index is 410. The van der Waals surface area contributed by atoms with E-state index in [0.717, 1.165) is 24.8 Å². The van der Waals surface area contributed by atoms with Crippen molar-refractivity contribution in [1.29, 1.82) is 0 Å². The fourth-order valence-electron chi connectivity index (χ4n) is 2.58. The van der Waals surface area contributed by atoms with E-state index in [4.69, 9.17) is 28.9 Å². The van der Waals surface area contributed by atoms with Crippen LogP contribution >= 0.6 is 23.2 Å². The molecule has 2 atom stereocenters. The van der Waals surface area contributed by atoms with Crippen LogP contribution in [0.2, 0.25) is 10.0 Å². The minimum Gasteiger partial charge on any atom is -0.389 e. The molecular formula is C13H17Cl2NO. The highest BCUT2D eigenvalue weighted by molar-refractivity contribution is 6.33. The molecule has 1 saturated carbocycles. The smallest absolute Gasteiger partial charge is 0.0703 e. The van der Waals surface area contributed by atoms with Gasteiger partial charge in [-0.2, -0.15) is 0 Å². The third-order valence-electron chi connectivity index (χ3n) is 3.39. The highest BCUT2D eigenvalue weighted by atomic mass is 35.5. The van der Waals surface area contributed by atoms with E-state index in [1.165, 1.54) is 0 Å². The summed E-state index contributed by atoms with van der Waals surface area (Å²) in [5, 5.41) is 11.8. The third kappa shape index (κ3) is 3.35. The van der Waals surface area contributed by atoms with Crippen molar-refractivity contribution >= 4 is 23.2 Å². The molecule has 0 aromatic heterocycles. The fraction of sp³-hybridized carbons (Fsp3) is 0.538. The molecule has 94 valence electrons. The van der Waals surface area contributed by atoms with Crippen LogP contribution in [0.25, 0.3) is 0 Å². The van der Waals surface area contributed by atoms with Crippen LogP contribution in [-0.2, 0) is 6.42 Å². The molecule has 0 radical (unpaired) electrons. The molecule has 0 spiro atoms. The van der Waals surface area contributed by atoms with Crippen molar-refractivity contribution in [2.75, 3.05) is 0 Å². The van der Waals surface area contributed by atoms with Crippen molar-refractivity contribution in [2.45, 2.75) is 43.7 Å². The Hall–Kier alpha value is -0.280. The van der Waals surface area contributed by atoms with E-state index in [-0.39, 0.29) is 6.04 Å². The largest absolute Gasteiger partial charge is 0.389 e. The lowest BCUT2D eigenvalue weighted by atomic mass is 9.78. The Morgan fingerprint density at radius 3 is 2.88 bits per heavy atom. The number of rotatable bonds is 2. The summed E-state index contributed by atoms with van der Waals surface area (Å²) in [7, 11) is 0. The summed E-state index contributed by atoms with van der Waals surface area (Å²) in [5.74, 6) is 0. The zero-order valence-electron chi connectivity index (χ0n) is 9.63. The lowest BCUT2D eigenvalue weighted by molar-refractivity contribution is -0.00188. The summed E-state index contributed by atoms with van der Waals surface area (Å²) >= 11 is 12.1. The van der Waals surface area contributed by atoms with Crippen molar-refractivity contribution < 1.29 is 5.11 Å². The van der Waals surface area contributed by atoms with Crippen molar-refractivity contribution in [3.05, 3.63) is 33.8 Å². The van der Waals surface area contributed by atoms with E-state index < -0.39 is 5.60 Å². The van der Waals surface area contributed by atoms with Gasteiger partial charge in [-0.05, 0) is 49.4 Å². The number of hydrogen-bond donors (Lipinski definition) is 2. The predicted molar refractivity (Wildman–Crippen MR) is 71.6 cm³/mol. The molecule has 1 aromatic rings. The second-order valence-electron chi connectivity index (χ2n) is 4.99. The highest BCUT2D eigenvalue weighted by Crippen LogP contribution is 2.33. The molecule has 2 rings (SSSR count). The lowest BCUT2D eigenvalue weighted by Crippen LogP contribution is -2.42. The van der Waals surface area contributed by atoms with Crippen LogP contribution in [0.15, 0.2) is 18.2 Å². The third-order valence-corrected chi connectivity index (χ3v) is 3.99. The van der Waals surface area contributed by atoms with Crippen LogP contribution in [0.3, 0.4) is 0 Å². The van der Waals surface area contributed by atoms with Crippen molar-refractivity contribution in [2.24, 2.45) is 5.73 Å². The van der Waals surface area contributed by atoms with Crippen LogP contribution in [0.4, 0.5) is 0 Å². The Kier molecular flexibility index (Phi) is 3.99. The molecule has 1 aliphatic carbocycles. The van der Waals surface area contributed by atoms with Crippen LogP contribution in [0.1, 0.15) is 31.2 Å². The van der Waals surface area contributed by atoms with Gasteiger partial charge < -0.3 is 10.8 Å². The Balaban J connectivity index is 2.16. The summed E-state index contributed by atoms with van der Waals surface area (Å²) in [4.78, 5) is 0. The SMILES string of the molecule is NC1CCCC(O)(Cc2cc(Cl)ccc2Cl)C1. The van der Waals surface area contributed by atoms with Crippen molar-refractivity contribution in [3.63, 3.8) is 0 Å². The topological polar surface area (TPSA) is 46.2 Å². The molecule has 1 aliphatic rings. The predicted octanol–water partition coefficient (Wildman–Crippen LogP) is 3.17. The summed E-state index contributed by atoms with van der Waals surface area (Å²) < 4.78 is 0. The van der Waals surface area contributed by atoms with E-state index >= 15 is 0 Å². The summed E-state index contributed by atoms with van der Waals surface area (Å²) in [6.07, 6.45) is 3.90. The molecule has 0 amide bonds. The Morgan fingerprint density at radius 2 is 2.18 bits per heavy atom. The normalized spacial score (nSPS) is 29.3. The molecule has 1 aromatic carbocycles. The fourth-order valence-corrected chi connectivity index (χ4v) is 2.96. The molecule has 0 saturated heterocycles. The molecule has 2 nitrogen and oxygen atoms in total. The van der Waals surface area contributed by atoms with Crippen molar-refractivity contribution in [1.82, 2.24) is 0 Å². The van der Waals surface area contributed by atoms with Gasteiger partial charge in [0.1, 0.15) is 0 Å². The molecule has 4 heteroatoms. The Morgan fingerprint density at radius 1 is 1.41 bits per heavy atom. The minimum absolute atomic E-state index is 0.0895. The first-order valence-electron chi connectivity index (χ1n) is 5.90. The van der Waals surface area contributed by atoms with Crippen LogP contribution in [0, 0.1) is 0 Å². The maximum atomic E-state index is 10.5. The molecule has 0 aliphatic heterocycles. The Labute approximate surface area is 112 Å². The summed E-state index contributed by atoms with van der Waals surface area (Å²) in [6, 6.07) is 5.43. The first kappa shape index (κ1) is 13.2. The van der Waals surface area contributed by atoms with Crippen molar-refractivity contribution in [3.8, 4) is 0 Å². The lowest BCUT2D eigenvalue weighted by Gasteiger charge is -2.35. The summed E-state index contributed by atoms with van der Waals surface area (Å²) in [5.41, 5.74) is 6.08. The zero-order valence-corrected chi connectivity index (χ0v) is 11.1. The van der Waals surface area contributed by atoms with Crippen LogP contribution < -0.4 is 5.73 Å². The average Bonchev–Trinajstić information content (AvgIpc) is 2.22. The maximum absolute atomic E-state index is 10.5. The van der Waals surface area contributed by atoms with Crippen LogP contribution in [0.5, 0.6) is 0 Å². The zero-order chi connectivity index (χ0) is 12.5. The molecule has 17 heavy (non-hydrogen) atoms. The quantitative estimate of drug-likeness (QED) is 0.870. The molecule has 1 fully saturated rings. The molecule has 0 heterocycles. The van der Waals surface area contributed by atoms with E-state index in [1.807, 2.05) is 6.07 Å². The molecule has 0 bridgehead atoms. The van der Waals surface area contributed by atoms with E-state index in [2.05, 4.69) is 0 Å². The van der Waals surface area contributed by atoms with Gasteiger partial charge >= 0.3 is 0 Å². The second-order valence-corrected chi connectivity index (χ2v) is 5.84. The number of hydrogen-bond acceptors (Lipinski definition) is 2. The molecule has 2 unspecified atom stereocenters. The number of halogens is 2. The van der Waals surface area contributed by atoms with Gasteiger partial charge in [0.25, 0.3) is 0 Å². The second kappa shape index (κ2) is 5.15. The van der Waals surface area contributed by atoms with Gasteiger partial charge in [0.05, 0.1) is 5.60 Å². The van der Waals surface area contributed by atoms with Gasteiger partial charge in [-0.3, -0.25) is 0 Å². The van der Waals surface area contributed by atoms with Gasteiger partial charge in [-0.1, -0.05) is 23.2 Å².